The maximum Gasteiger partial charge on any atom is 0.416 e. The van der Waals surface area contributed by atoms with Gasteiger partial charge in [-0.3, -0.25) is 14.4 Å². The number of piperidine rings is 2. The number of halogens is 6. The number of hydrogen-bond acceptors (Lipinski definition) is 3. The van der Waals surface area contributed by atoms with Gasteiger partial charge >= 0.3 is 6.18 Å². The Morgan fingerprint density at radius 2 is 1.55 bits per heavy atom. The summed E-state index contributed by atoms with van der Waals surface area (Å²) in [7, 11) is 1.54. The predicted octanol–water partition coefficient (Wildman–Crippen LogP) is 6.38. The lowest BCUT2D eigenvalue weighted by Gasteiger charge is -2.44. The van der Waals surface area contributed by atoms with Gasteiger partial charge in [0.1, 0.15) is 0 Å². The first-order valence-electron chi connectivity index (χ1n) is 12.9. The zero-order valence-electron chi connectivity index (χ0n) is 22.0. The van der Waals surface area contributed by atoms with Crippen molar-refractivity contribution in [3.8, 4) is 0 Å². The van der Waals surface area contributed by atoms with E-state index in [2.05, 4.69) is 0 Å². The molecule has 0 N–H and O–H groups in total. The zero-order chi connectivity index (χ0) is 29.4. The second kappa shape index (κ2) is 12.2. The van der Waals surface area contributed by atoms with E-state index in [0.29, 0.717) is 48.9 Å². The molecule has 0 radical (unpaired) electrons. The van der Waals surface area contributed by atoms with E-state index in [-0.39, 0.29) is 40.8 Å². The topological polar surface area (TPSA) is 60.9 Å². The standard InChI is InChI=1S/C28H29Cl3F3N3O3/c1-16(38)36-8-5-17(6-9-36)27(40)37-10-7-25(22(15-37)18-3-4-23(30)24(31)13-18)35(2)26(39)19-11-20(28(32,33)34)14-21(29)12-19/h3-4,11-14,17,22,25H,5-10,15H2,1-2H3/t22-,25+/m0/s1. The van der Waals surface area contributed by atoms with Crippen LogP contribution in [-0.2, 0) is 15.8 Å². The molecule has 0 bridgehead atoms. The average molecular weight is 619 g/mol. The molecule has 2 heterocycles. The zero-order valence-corrected chi connectivity index (χ0v) is 24.2. The molecule has 2 saturated heterocycles. The van der Waals surface area contributed by atoms with Crippen molar-refractivity contribution in [2.24, 2.45) is 5.92 Å². The fourth-order valence-corrected chi connectivity index (χ4v) is 6.15. The molecule has 12 heteroatoms. The number of likely N-dealkylation sites (N-methyl/N-ethyl adjacent to an activating group) is 1. The van der Waals surface area contributed by atoms with Crippen molar-refractivity contribution in [3.63, 3.8) is 0 Å². The molecule has 0 spiro atoms. The highest BCUT2D eigenvalue weighted by Crippen LogP contribution is 2.37. The van der Waals surface area contributed by atoms with Gasteiger partial charge in [0.25, 0.3) is 5.91 Å². The van der Waals surface area contributed by atoms with E-state index in [1.54, 1.807) is 35.0 Å². The number of alkyl halides is 3. The van der Waals surface area contributed by atoms with Gasteiger partial charge in [-0.25, -0.2) is 0 Å². The molecule has 6 nitrogen and oxygen atoms in total. The van der Waals surface area contributed by atoms with Gasteiger partial charge in [-0.15, -0.1) is 0 Å². The summed E-state index contributed by atoms with van der Waals surface area (Å²) in [6.45, 7) is 3.22. The van der Waals surface area contributed by atoms with Gasteiger partial charge in [-0.1, -0.05) is 40.9 Å². The van der Waals surface area contributed by atoms with Gasteiger partial charge in [0, 0.05) is 68.6 Å². The SMILES string of the molecule is CC(=O)N1CCC(C(=O)N2CC[C@@H](N(C)C(=O)c3cc(Cl)cc(C(F)(F)F)c3)[C@H](c3ccc(Cl)c(Cl)c3)C2)CC1. The number of carbonyl (C=O) groups is 3. The van der Waals surface area contributed by atoms with E-state index in [1.807, 2.05) is 0 Å². The number of nitrogens with zero attached hydrogens (tertiary/aromatic N) is 3. The maximum absolute atomic E-state index is 13.5. The number of likely N-dealkylation sites (tertiary alicyclic amines) is 2. The molecule has 0 saturated carbocycles. The van der Waals surface area contributed by atoms with Gasteiger partial charge in [-0.2, -0.15) is 13.2 Å². The fraction of sp³-hybridized carbons (Fsp3) is 0.464. The largest absolute Gasteiger partial charge is 0.416 e. The van der Waals surface area contributed by atoms with Crippen LogP contribution in [0, 0.1) is 5.92 Å². The van der Waals surface area contributed by atoms with Crippen LogP contribution in [0.3, 0.4) is 0 Å². The summed E-state index contributed by atoms with van der Waals surface area (Å²) < 4.78 is 40.2. The second-order valence-electron chi connectivity index (χ2n) is 10.3. The minimum absolute atomic E-state index is 0.00893. The molecule has 2 atom stereocenters. The summed E-state index contributed by atoms with van der Waals surface area (Å²) in [6, 6.07) is 7.47. The van der Waals surface area contributed by atoms with Crippen LogP contribution in [0.2, 0.25) is 15.1 Å². The van der Waals surface area contributed by atoms with Crippen molar-refractivity contribution < 1.29 is 27.6 Å². The Balaban J connectivity index is 1.59. The minimum Gasteiger partial charge on any atom is -0.343 e. The van der Waals surface area contributed by atoms with E-state index < -0.39 is 23.7 Å². The monoisotopic (exact) mass is 617 g/mol. The molecule has 2 fully saturated rings. The van der Waals surface area contributed by atoms with Crippen LogP contribution >= 0.6 is 34.8 Å². The van der Waals surface area contributed by atoms with Crippen LogP contribution in [0.4, 0.5) is 13.2 Å². The third-order valence-electron chi connectivity index (χ3n) is 7.84. The Hall–Kier alpha value is -2.49. The number of rotatable bonds is 4. The highest BCUT2D eigenvalue weighted by molar-refractivity contribution is 6.42. The van der Waals surface area contributed by atoms with Crippen LogP contribution in [0.1, 0.15) is 53.6 Å². The quantitative estimate of drug-likeness (QED) is 0.400. The van der Waals surface area contributed by atoms with Crippen LogP contribution in [-0.4, -0.2) is 71.7 Å². The molecule has 2 aromatic carbocycles. The van der Waals surface area contributed by atoms with E-state index in [9.17, 15) is 27.6 Å². The van der Waals surface area contributed by atoms with Gasteiger partial charge in [-0.05, 0) is 55.2 Å². The van der Waals surface area contributed by atoms with Crippen molar-refractivity contribution in [2.75, 3.05) is 33.2 Å². The first-order valence-corrected chi connectivity index (χ1v) is 14.0. The summed E-state index contributed by atoms with van der Waals surface area (Å²) >= 11 is 18.4. The molecule has 0 aromatic heterocycles. The van der Waals surface area contributed by atoms with E-state index in [4.69, 9.17) is 34.8 Å². The number of hydrogen-bond donors (Lipinski definition) is 0. The lowest BCUT2D eigenvalue weighted by molar-refractivity contribution is -0.141. The summed E-state index contributed by atoms with van der Waals surface area (Å²) in [5.41, 5.74) is -0.426. The Kier molecular flexibility index (Phi) is 9.27. The van der Waals surface area contributed by atoms with Crippen LogP contribution in [0.5, 0.6) is 0 Å². The molecule has 2 aliphatic heterocycles. The van der Waals surface area contributed by atoms with Crippen molar-refractivity contribution in [3.05, 3.63) is 68.2 Å². The molecule has 216 valence electrons. The molecule has 0 unspecified atom stereocenters. The van der Waals surface area contributed by atoms with E-state index in [1.165, 1.54) is 17.9 Å². The Morgan fingerprint density at radius 3 is 2.15 bits per heavy atom. The lowest BCUT2D eigenvalue weighted by Crippen LogP contribution is -2.53. The molecule has 3 amide bonds. The Morgan fingerprint density at radius 1 is 0.900 bits per heavy atom. The third kappa shape index (κ3) is 6.69. The molecule has 0 aliphatic carbocycles. The Labute approximate surface area is 245 Å². The number of carbonyl (C=O) groups excluding carboxylic acids is 3. The summed E-state index contributed by atoms with van der Waals surface area (Å²) in [4.78, 5) is 43.6. The molecular weight excluding hydrogens is 590 g/mol. The number of amides is 3. The van der Waals surface area contributed by atoms with E-state index >= 15 is 0 Å². The molecular formula is C28H29Cl3F3N3O3. The fourth-order valence-electron chi connectivity index (χ4n) is 5.60. The highest BCUT2D eigenvalue weighted by atomic mass is 35.5. The van der Waals surface area contributed by atoms with E-state index in [0.717, 1.165) is 17.7 Å². The van der Waals surface area contributed by atoms with Crippen molar-refractivity contribution in [2.45, 2.75) is 44.3 Å². The minimum atomic E-state index is -4.66. The van der Waals surface area contributed by atoms with Crippen LogP contribution < -0.4 is 0 Å². The summed E-state index contributed by atoms with van der Waals surface area (Å²) in [5.74, 6) is -1.22. The van der Waals surface area contributed by atoms with Crippen LogP contribution in [0.25, 0.3) is 0 Å². The Bertz CT molecular complexity index is 1300. The summed E-state index contributed by atoms with van der Waals surface area (Å²) in [5, 5.41) is 0.478. The first-order chi connectivity index (χ1) is 18.8. The van der Waals surface area contributed by atoms with Gasteiger partial charge in [0.05, 0.1) is 15.6 Å². The molecule has 2 aliphatic rings. The molecule has 4 rings (SSSR count). The maximum atomic E-state index is 13.5. The van der Waals surface area contributed by atoms with Crippen molar-refractivity contribution in [1.29, 1.82) is 0 Å². The second-order valence-corrected chi connectivity index (χ2v) is 11.6. The van der Waals surface area contributed by atoms with Gasteiger partial charge < -0.3 is 14.7 Å². The third-order valence-corrected chi connectivity index (χ3v) is 8.80. The molecule has 40 heavy (non-hydrogen) atoms. The first kappa shape index (κ1) is 30.5. The average Bonchev–Trinajstić information content (AvgIpc) is 2.92. The van der Waals surface area contributed by atoms with Crippen LogP contribution in [0.15, 0.2) is 36.4 Å². The lowest BCUT2D eigenvalue weighted by atomic mass is 9.83. The summed E-state index contributed by atoms with van der Waals surface area (Å²) in [6.07, 6.45) is -3.11. The smallest absolute Gasteiger partial charge is 0.343 e. The number of benzene rings is 2. The normalized spacial score (nSPS) is 20.4. The van der Waals surface area contributed by atoms with Crippen molar-refractivity contribution >= 4 is 52.5 Å². The molecule has 2 aromatic rings. The highest BCUT2D eigenvalue weighted by Gasteiger charge is 2.40. The van der Waals surface area contributed by atoms with Gasteiger partial charge in [0.15, 0.2) is 0 Å². The van der Waals surface area contributed by atoms with Gasteiger partial charge in [0.2, 0.25) is 11.8 Å². The predicted molar refractivity (Wildman–Crippen MR) is 148 cm³/mol. The van der Waals surface area contributed by atoms with Crippen molar-refractivity contribution in [1.82, 2.24) is 14.7 Å².